The van der Waals surface area contributed by atoms with E-state index in [-0.39, 0.29) is 0 Å². The quantitative estimate of drug-likeness (QED) is 0.204. The second-order valence-corrected chi connectivity index (χ2v) is 10.6. The van der Waals surface area contributed by atoms with E-state index in [1.807, 2.05) is 0 Å². The van der Waals surface area contributed by atoms with Crippen LogP contribution in [0, 0.1) is 0 Å². The number of rotatable bonds is 0. The molecule has 1 unspecified atom stereocenters. The summed E-state index contributed by atoms with van der Waals surface area (Å²) < 4.78 is 2.58. The molecule has 37 heavy (non-hydrogen) atoms. The van der Waals surface area contributed by atoms with Gasteiger partial charge in [-0.15, -0.1) is 0 Å². The van der Waals surface area contributed by atoms with Crippen LogP contribution in [0.2, 0.25) is 0 Å². The Morgan fingerprint density at radius 3 is 2.19 bits per heavy atom. The Labute approximate surface area is 214 Å². The maximum Gasteiger partial charge on any atom is 0.145 e. The van der Waals surface area contributed by atoms with E-state index in [2.05, 4.69) is 107 Å². The van der Waals surface area contributed by atoms with Crippen molar-refractivity contribution in [2.75, 3.05) is 11.4 Å². The molecule has 0 saturated carbocycles. The van der Waals surface area contributed by atoms with Gasteiger partial charge < -0.3 is 9.47 Å². The highest BCUT2D eigenvalue weighted by molar-refractivity contribution is 6.24. The molecule has 3 heteroatoms. The maximum absolute atomic E-state index is 5.47. The fraction of sp³-hybridized carbons (Fsp3) is 0.147. The van der Waals surface area contributed by atoms with Gasteiger partial charge in [-0.25, -0.2) is 4.98 Å². The molecule has 2 aliphatic heterocycles. The Bertz CT molecular complexity index is 2070. The summed E-state index contributed by atoms with van der Waals surface area (Å²) >= 11 is 0. The molecule has 1 aromatic heterocycles. The third-order valence-electron chi connectivity index (χ3n) is 8.75. The summed E-state index contributed by atoms with van der Waals surface area (Å²) in [6.45, 7) is 1.08. The molecule has 0 N–H and O–H groups in total. The summed E-state index contributed by atoms with van der Waals surface area (Å²) in [5.41, 5.74) is 5.00. The van der Waals surface area contributed by atoms with Crippen LogP contribution in [0.4, 0.5) is 5.69 Å². The zero-order chi connectivity index (χ0) is 24.1. The average Bonchev–Trinajstić information content (AvgIpc) is 3.38. The highest BCUT2D eigenvalue weighted by Crippen LogP contribution is 2.49. The molecule has 0 bridgehead atoms. The van der Waals surface area contributed by atoms with Gasteiger partial charge in [-0.1, -0.05) is 84.9 Å². The highest BCUT2D eigenvalue weighted by Gasteiger charge is 2.36. The molecule has 0 spiro atoms. The number of hydrogen-bond donors (Lipinski definition) is 0. The van der Waals surface area contributed by atoms with E-state index in [4.69, 9.17) is 4.98 Å². The molecule has 9 rings (SSSR count). The van der Waals surface area contributed by atoms with Crippen LogP contribution < -0.4 is 4.90 Å². The second kappa shape index (κ2) is 7.10. The third-order valence-corrected chi connectivity index (χ3v) is 8.75. The van der Waals surface area contributed by atoms with Crippen molar-refractivity contribution in [1.82, 2.24) is 9.55 Å². The number of anilines is 1. The first-order valence-corrected chi connectivity index (χ1v) is 13.4. The molecule has 1 saturated heterocycles. The maximum atomic E-state index is 5.47. The van der Waals surface area contributed by atoms with Gasteiger partial charge >= 0.3 is 0 Å². The van der Waals surface area contributed by atoms with E-state index < -0.39 is 0 Å². The average molecular weight is 476 g/mol. The second-order valence-electron chi connectivity index (χ2n) is 10.6. The van der Waals surface area contributed by atoms with Gasteiger partial charge in [-0.3, -0.25) is 0 Å². The smallest absolute Gasteiger partial charge is 0.145 e. The van der Waals surface area contributed by atoms with Gasteiger partial charge in [0.1, 0.15) is 12.0 Å². The van der Waals surface area contributed by atoms with Crippen LogP contribution in [0.25, 0.3) is 65.5 Å². The Morgan fingerprint density at radius 1 is 0.622 bits per heavy atom. The molecular formula is C34H25N3. The van der Waals surface area contributed by atoms with Crippen LogP contribution in [0.5, 0.6) is 0 Å². The summed E-state index contributed by atoms with van der Waals surface area (Å²) in [5.74, 6) is 1.12. The Morgan fingerprint density at radius 2 is 1.32 bits per heavy atom. The molecule has 1 atom stereocenters. The summed E-state index contributed by atoms with van der Waals surface area (Å²) in [6.07, 6.45) is 3.91. The predicted octanol–water partition coefficient (Wildman–Crippen LogP) is 8.82. The molecular weight excluding hydrogens is 450 g/mol. The summed E-state index contributed by atoms with van der Waals surface area (Å²) in [5, 5.41) is 10.4. The van der Waals surface area contributed by atoms with Crippen molar-refractivity contribution >= 4 is 59.8 Å². The van der Waals surface area contributed by atoms with Crippen LogP contribution in [0.15, 0.2) is 97.1 Å². The van der Waals surface area contributed by atoms with E-state index in [0.717, 1.165) is 24.3 Å². The molecule has 2 aliphatic rings. The number of piperidine rings is 1. The van der Waals surface area contributed by atoms with Crippen molar-refractivity contribution in [1.29, 1.82) is 0 Å². The molecule has 0 aliphatic carbocycles. The summed E-state index contributed by atoms with van der Waals surface area (Å²) in [7, 11) is 0. The van der Waals surface area contributed by atoms with Crippen molar-refractivity contribution in [2.24, 2.45) is 0 Å². The van der Waals surface area contributed by atoms with Gasteiger partial charge in [0.25, 0.3) is 0 Å². The highest BCUT2D eigenvalue weighted by atomic mass is 15.3. The summed E-state index contributed by atoms with van der Waals surface area (Å²) in [6, 6.07) is 35.8. The lowest BCUT2D eigenvalue weighted by Gasteiger charge is -2.43. The van der Waals surface area contributed by atoms with Crippen LogP contribution in [0.1, 0.15) is 25.4 Å². The Kier molecular flexibility index (Phi) is 3.80. The zero-order valence-electron chi connectivity index (χ0n) is 20.5. The van der Waals surface area contributed by atoms with Crippen molar-refractivity contribution in [3.05, 3.63) is 97.1 Å². The number of hydrogen-bond acceptors (Lipinski definition) is 2. The minimum absolute atomic E-state index is 0.290. The minimum Gasteiger partial charge on any atom is -0.350 e. The van der Waals surface area contributed by atoms with Gasteiger partial charge in [-0.05, 0) is 63.7 Å². The largest absolute Gasteiger partial charge is 0.350 e. The van der Waals surface area contributed by atoms with Crippen molar-refractivity contribution < 1.29 is 0 Å². The van der Waals surface area contributed by atoms with Crippen molar-refractivity contribution in [3.63, 3.8) is 0 Å². The fourth-order valence-electron chi connectivity index (χ4n) is 7.13. The number of benzene rings is 6. The van der Waals surface area contributed by atoms with Gasteiger partial charge in [0, 0.05) is 22.9 Å². The van der Waals surface area contributed by atoms with Crippen LogP contribution in [-0.4, -0.2) is 16.1 Å². The lowest BCUT2D eigenvalue weighted by molar-refractivity contribution is 0.379. The molecule has 0 amide bonds. The normalized spacial score (nSPS) is 17.0. The summed E-state index contributed by atoms with van der Waals surface area (Å²) in [4.78, 5) is 8.13. The molecule has 3 heterocycles. The number of fused-ring (bicyclic) bond motifs is 16. The zero-order valence-corrected chi connectivity index (χ0v) is 20.5. The predicted molar refractivity (Wildman–Crippen MR) is 155 cm³/mol. The van der Waals surface area contributed by atoms with E-state index in [1.165, 1.54) is 72.7 Å². The molecule has 6 aromatic carbocycles. The first-order chi connectivity index (χ1) is 18.4. The van der Waals surface area contributed by atoms with Gasteiger partial charge in [-0.2, -0.15) is 0 Å². The van der Waals surface area contributed by atoms with E-state index >= 15 is 0 Å². The number of imidazole rings is 1. The number of aromatic nitrogens is 2. The van der Waals surface area contributed by atoms with E-state index in [1.54, 1.807) is 0 Å². The first kappa shape index (κ1) is 19.8. The van der Waals surface area contributed by atoms with Gasteiger partial charge in [0.2, 0.25) is 0 Å². The van der Waals surface area contributed by atoms with Gasteiger partial charge in [0.15, 0.2) is 0 Å². The Balaban J connectivity index is 1.46. The lowest BCUT2D eigenvalue weighted by atomic mass is 9.94. The minimum atomic E-state index is 0.290. The monoisotopic (exact) mass is 475 g/mol. The van der Waals surface area contributed by atoms with Crippen molar-refractivity contribution in [2.45, 2.75) is 25.4 Å². The molecule has 0 radical (unpaired) electrons. The van der Waals surface area contributed by atoms with Crippen molar-refractivity contribution in [3.8, 4) is 11.4 Å². The fourth-order valence-corrected chi connectivity index (χ4v) is 7.13. The Hall–Kier alpha value is -4.37. The van der Waals surface area contributed by atoms with Crippen LogP contribution in [-0.2, 0) is 0 Å². The van der Waals surface area contributed by atoms with Gasteiger partial charge in [0.05, 0.1) is 16.7 Å². The van der Waals surface area contributed by atoms with E-state index in [9.17, 15) is 0 Å². The van der Waals surface area contributed by atoms with E-state index in [0.29, 0.717) is 6.17 Å². The first-order valence-electron chi connectivity index (χ1n) is 13.4. The topological polar surface area (TPSA) is 21.1 Å². The molecule has 1 fully saturated rings. The molecule has 176 valence electrons. The third kappa shape index (κ3) is 2.54. The standard InChI is InChI=1S/C34H25N3/c1-2-10-23-21(9-1)16-17-22-19-29-30(20-28(22)23)36-18-8-7-15-31(36)37-33-27-14-6-4-12-25(27)24-11-3-5-13-26(24)32(33)35-34(29)37/h1-6,9-14,16-17,19-20,31H,7-8,15,18H2. The SMILES string of the molecule is c1ccc2c(c1)ccc1cc3c(cc12)N1CCCCC1n1c-3nc2c3ccccc3c3ccccc3c21. The lowest BCUT2D eigenvalue weighted by Crippen LogP contribution is -2.39. The molecule has 7 aromatic rings. The van der Waals surface area contributed by atoms with Crippen LogP contribution >= 0.6 is 0 Å². The number of nitrogens with zero attached hydrogens (tertiary/aromatic N) is 3. The molecule has 3 nitrogen and oxygen atoms in total. The van der Waals surface area contributed by atoms with Crippen LogP contribution in [0.3, 0.4) is 0 Å².